The van der Waals surface area contributed by atoms with E-state index in [0.717, 1.165) is 11.9 Å². The number of rotatable bonds is 1. The van der Waals surface area contributed by atoms with E-state index >= 15 is 0 Å². The minimum absolute atomic E-state index is 0.273. The Labute approximate surface area is 62.0 Å². The summed E-state index contributed by atoms with van der Waals surface area (Å²) in [6.07, 6.45) is 2.85. The van der Waals surface area contributed by atoms with E-state index in [2.05, 4.69) is 0 Å². The van der Waals surface area contributed by atoms with Gasteiger partial charge in [-0.15, -0.1) is 0 Å². The first kappa shape index (κ1) is 7.83. The lowest BCUT2D eigenvalue weighted by atomic mass is 9.79. The Balaban J connectivity index is 2.72. The lowest BCUT2D eigenvalue weighted by Gasteiger charge is -2.15. The van der Waals surface area contributed by atoms with Crippen LogP contribution < -0.4 is 0 Å². The first-order valence-corrected chi connectivity index (χ1v) is 3.62. The van der Waals surface area contributed by atoms with Crippen molar-refractivity contribution < 1.29 is 9.68 Å². The highest BCUT2D eigenvalue weighted by atomic mass is 16.5. The van der Waals surface area contributed by atoms with Gasteiger partial charge in [-0.05, 0) is 25.7 Å². The average molecular weight is 140 g/mol. The minimum atomic E-state index is -0.667. The van der Waals surface area contributed by atoms with Crippen LogP contribution in [0.1, 0.15) is 27.2 Å². The van der Waals surface area contributed by atoms with Gasteiger partial charge in [-0.3, -0.25) is 0 Å². The maximum atomic E-state index is 9.23. The van der Waals surface area contributed by atoms with E-state index in [4.69, 9.17) is 4.65 Å². The van der Waals surface area contributed by atoms with Gasteiger partial charge in [0.2, 0.25) is 0 Å². The Morgan fingerprint density at radius 1 is 1.70 bits per heavy atom. The van der Waals surface area contributed by atoms with Gasteiger partial charge in [0.25, 0.3) is 0 Å². The Bertz CT molecular complexity index is 163. The summed E-state index contributed by atoms with van der Waals surface area (Å²) in [6.45, 7) is 5.90. The van der Waals surface area contributed by atoms with Crippen molar-refractivity contribution in [3.8, 4) is 0 Å². The third-order valence-corrected chi connectivity index (χ3v) is 1.67. The predicted octanol–water partition coefficient (Wildman–Crippen LogP) is 1.15. The molecule has 0 saturated heterocycles. The fourth-order valence-corrected chi connectivity index (χ4v) is 1.19. The predicted molar refractivity (Wildman–Crippen MR) is 41.5 cm³/mol. The topological polar surface area (TPSA) is 29.5 Å². The number of hydrogen-bond acceptors (Lipinski definition) is 2. The second-order valence-corrected chi connectivity index (χ2v) is 3.15. The smallest absolute Gasteiger partial charge is 0.423 e. The summed E-state index contributed by atoms with van der Waals surface area (Å²) in [6, 6.07) is 0. The summed E-state index contributed by atoms with van der Waals surface area (Å²) in [7, 11) is -0.667. The van der Waals surface area contributed by atoms with Crippen molar-refractivity contribution in [2.24, 2.45) is 0 Å². The van der Waals surface area contributed by atoms with Crippen molar-refractivity contribution in [2.75, 3.05) is 0 Å². The summed E-state index contributed by atoms with van der Waals surface area (Å²) in [5.41, 5.74) is 0.718. The average Bonchev–Trinajstić information content (AvgIpc) is 2.05. The van der Waals surface area contributed by atoms with Crippen molar-refractivity contribution >= 4 is 7.12 Å². The Hall–Kier alpha value is -0.275. The van der Waals surface area contributed by atoms with Gasteiger partial charge in [-0.25, -0.2) is 0 Å². The summed E-state index contributed by atoms with van der Waals surface area (Å²) < 4.78 is 5.22. The van der Waals surface area contributed by atoms with E-state index in [1.807, 2.05) is 26.8 Å². The summed E-state index contributed by atoms with van der Waals surface area (Å²) in [4.78, 5) is 0. The van der Waals surface area contributed by atoms with Crippen LogP contribution in [0.2, 0.25) is 0 Å². The number of allylic oxidation sites excluding steroid dienone is 1. The molecule has 1 heterocycles. The first-order valence-electron chi connectivity index (χ1n) is 3.62. The van der Waals surface area contributed by atoms with Crippen LogP contribution in [0, 0.1) is 0 Å². The molecule has 2 nitrogen and oxygen atoms in total. The quantitative estimate of drug-likeness (QED) is 0.553. The molecule has 0 fully saturated rings. The van der Waals surface area contributed by atoms with Crippen LogP contribution >= 0.6 is 0 Å². The van der Waals surface area contributed by atoms with Crippen LogP contribution in [0.4, 0.5) is 0 Å². The highest BCUT2D eigenvalue weighted by Gasteiger charge is 2.34. The third-order valence-electron chi connectivity index (χ3n) is 1.67. The molecule has 0 saturated carbocycles. The molecule has 56 valence electrons. The van der Waals surface area contributed by atoms with Crippen molar-refractivity contribution in [3.05, 3.63) is 11.5 Å². The van der Waals surface area contributed by atoms with E-state index in [1.165, 1.54) is 0 Å². The summed E-state index contributed by atoms with van der Waals surface area (Å²) in [5.74, 6) is 0. The number of hydrogen-bond donors (Lipinski definition) is 1. The molecule has 0 aromatic carbocycles. The fraction of sp³-hybridized carbons (Fsp3) is 0.714. The highest BCUT2D eigenvalue weighted by molar-refractivity contribution is 6.53. The molecule has 0 spiro atoms. The minimum Gasteiger partial charge on any atom is -0.423 e. The summed E-state index contributed by atoms with van der Waals surface area (Å²) in [5, 5.41) is 9.23. The molecule has 1 aliphatic heterocycles. The lowest BCUT2D eigenvalue weighted by molar-refractivity contribution is 0.147. The van der Waals surface area contributed by atoms with Crippen LogP contribution in [-0.4, -0.2) is 17.7 Å². The van der Waals surface area contributed by atoms with E-state index in [0.29, 0.717) is 0 Å². The second kappa shape index (κ2) is 2.40. The van der Waals surface area contributed by atoms with E-state index in [1.54, 1.807) is 0 Å². The van der Waals surface area contributed by atoms with Gasteiger partial charge in [0.15, 0.2) is 0 Å². The zero-order chi connectivity index (χ0) is 7.78. The molecule has 0 aromatic heterocycles. The van der Waals surface area contributed by atoms with E-state index in [9.17, 15) is 5.02 Å². The van der Waals surface area contributed by atoms with Gasteiger partial charge in [-0.2, -0.15) is 0 Å². The maximum absolute atomic E-state index is 9.23. The Kier molecular flexibility index (Phi) is 1.88. The van der Waals surface area contributed by atoms with Gasteiger partial charge in [-0.1, -0.05) is 13.0 Å². The monoisotopic (exact) mass is 140 g/mol. The largest absolute Gasteiger partial charge is 0.487 e. The van der Waals surface area contributed by atoms with Crippen LogP contribution in [0.25, 0.3) is 0 Å². The summed E-state index contributed by atoms with van der Waals surface area (Å²) >= 11 is 0. The zero-order valence-corrected chi connectivity index (χ0v) is 6.72. The zero-order valence-electron chi connectivity index (χ0n) is 6.72. The molecule has 0 atom stereocenters. The first-order chi connectivity index (χ1) is 4.55. The Morgan fingerprint density at radius 3 is 2.50 bits per heavy atom. The van der Waals surface area contributed by atoms with Gasteiger partial charge in [0.05, 0.1) is 5.60 Å². The molecule has 1 aliphatic rings. The molecular formula is C7H13BO2. The second-order valence-electron chi connectivity index (χ2n) is 3.15. The van der Waals surface area contributed by atoms with Crippen LogP contribution in [-0.2, 0) is 4.65 Å². The van der Waals surface area contributed by atoms with Gasteiger partial charge in [0.1, 0.15) is 0 Å². The standard InChI is InChI=1S/C7H13BO2/c1-4-6-5-7(2,3)10-8(6)9/h5,9H,4H2,1-3H3. The van der Waals surface area contributed by atoms with Crippen molar-refractivity contribution in [1.29, 1.82) is 0 Å². The molecule has 0 aromatic rings. The molecule has 1 rings (SSSR count). The van der Waals surface area contributed by atoms with E-state index < -0.39 is 7.12 Å². The normalized spacial score (nSPS) is 23.2. The third kappa shape index (κ3) is 1.41. The Morgan fingerprint density at radius 2 is 2.30 bits per heavy atom. The molecule has 1 N–H and O–H groups in total. The molecule has 0 aliphatic carbocycles. The molecule has 0 bridgehead atoms. The maximum Gasteiger partial charge on any atom is 0.487 e. The van der Waals surface area contributed by atoms with Gasteiger partial charge < -0.3 is 9.68 Å². The van der Waals surface area contributed by atoms with E-state index in [-0.39, 0.29) is 5.60 Å². The van der Waals surface area contributed by atoms with Crippen molar-refractivity contribution in [2.45, 2.75) is 32.8 Å². The molecule has 0 amide bonds. The molecule has 0 unspecified atom stereocenters. The van der Waals surface area contributed by atoms with Crippen molar-refractivity contribution in [3.63, 3.8) is 0 Å². The van der Waals surface area contributed by atoms with Gasteiger partial charge >= 0.3 is 7.12 Å². The van der Waals surface area contributed by atoms with Crippen molar-refractivity contribution in [1.82, 2.24) is 0 Å². The molecule has 10 heavy (non-hydrogen) atoms. The molecule has 3 heteroatoms. The van der Waals surface area contributed by atoms with Gasteiger partial charge in [0, 0.05) is 0 Å². The van der Waals surface area contributed by atoms with Crippen LogP contribution in [0.3, 0.4) is 0 Å². The van der Waals surface area contributed by atoms with Crippen LogP contribution in [0.15, 0.2) is 11.5 Å². The SMILES string of the molecule is CCC1=CC(C)(C)OB1O. The molecular weight excluding hydrogens is 127 g/mol. The fourth-order valence-electron chi connectivity index (χ4n) is 1.19. The highest BCUT2D eigenvalue weighted by Crippen LogP contribution is 2.25. The molecule has 0 radical (unpaired) electrons. The van der Waals surface area contributed by atoms with Crippen LogP contribution in [0.5, 0.6) is 0 Å². The lowest BCUT2D eigenvalue weighted by Crippen LogP contribution is -2.24.